The van der Waals surface area contributed by atoms with Gasteiger partial charge in [0.25, 0.3) is 0 Å². The highest BCUT2D eigenvalue weighted by atomic mass is 16.5. The zero-order valence-corrected chi connectivity index (χ0v) is 15.8. The molecule has 0 bridgehead atoms. The van der Waals surface area contributed by atoms with Crippen LogP contribution in [0.5, 0.6) is 0 Å². The van der Waals surface area contributed by atoms with E-state index < -0.39 is 5.97 Å². The molecule has 0 radical (unpaired) electrons. The molecule has 0 saturated carbocycles. The van der Waals surface area contributed by atoms with E-state index in [2.05, 4.69) is 20.8 Å². The van der Waals surface area contributed by atoms with Crippen LogP contribution in [0.2, 0.25) is 0 Å². The molecule has 0 aliphatic carbocycles. The molecule has 0 aromatic heterocycles. The van der Waals surface area contributed by atoms with Crippen molar-refractivity contribution in [3.63, 3.8) is 0 Å². The topological polar surface area (TPSA) is 63.6 Å². The van der Waals surface area contributed by atoms with Crippen molar-refractivity contribution in [3.05, 3.63) is 35.4 Å². The minimum atomic E-state index is -0.998. The minimum absolute atomic E-state index is 0.0503. The van der Waals surface area contributed by atoms with Crippen LogP contribution in [0.3, 0.4) is 0 Å². The number of carboxylic acids is 1. The number of rotatable bonds is 12. The van der Waals surface area contributed by atoms with Gasteiger partial charge >= 0.3 is 11.9 Å². The van der Waals surface area contributed by atoms with Gasteiger partial charge in [-0.3, -0.25) is 0 Å². The molecule has 1 aromatic rings. The van der Waals surface area contributed by atoms with Gasteiger partial charge in [0.1, 0.15) is 6.10 Å². The molecule has 0 fully saturated rings. The van der Waals surface area contributed by atoms with Crippen LogP contribution in [0, 0.1) is 5.92 Å². The number of hydrogen-bond acceptors (Lipinski definition) is 3. The van der Waals surface area contributed by atoms with Crippen molar-refractivity contribution in [1.29, 1.82) is 0 Å². The van der Waals surface area contributed by atoms with Crippen molar-refractivity contribution >= 4 is 11.9 Å². The molecule has 1 N–H and O–H groups in total. The maximum absolute atomic E-state index is 12.3. The molecule has 1 rings (SSSR count). The van der Waals surface area contributed by atoms with E-state index in [-0.39, 0.29) is 17.6 Å². The summed E-state index contributed by atoms with van der Waals surface area (Å²) in [5.41, 5.74) is 0.579. The fourth-order valence-electron chi connectivity index (χ4n) is 2.76. The molecule has 0 amide bonds. The van der Waals surface area contributed by atoms with Gasteiger partial charge in [-0.15, -0.1) is 0 Å². The average molecular weight is 348 g/mol. The SMILES string of the molecule is CCCCC(CCCCCC(C)C)OC(=O)c1ccc(C(=O)O)cc1. The molecular formula is C21H32O4. The Morgan fingerprint density at radius 2 is 1.48 bits per heavy atom. The first kappa shape index (κ1) is 21.2. The van der Waals surface area contributed by atoms with Crippen molar-refractivity contribution in [2.24, 2.45) is 5.92 Å². The summed E-state index contributed by atoms with van der Waals surface area (Å²) in [5.74, 6) is -0.621. The predicted octanol–water partition coefficient (Wildman–Crippen LogP) is 5.71. The van der Waals surface area contributed by atoms with Gasteiger partial charge in [0, 0.05) is 0 Å². The molecule has 0 aliphatic rings. The van der Waals surface area contributed by atoms with Crippen LogP contribution in [-0.2, 0) is 4.74 Å². The van der Waals surface area contributed by atoms with Crippen molar-refractivity contribution in [1.82, 2.24) is 0 Å². The molecule has 1 aromatic carbocycles. The van der Waals surface area contributed by atoms with Crippen LogP contribution in [0.4, 0.5) is 0 Å². The first-order chi connectivity index (χ1) is 11.9. The molecule has 140 valence electrons. The Morgan fingerprint density at radius 3 is 2.04 bits per heavy atom. The number of carbonyl (C=O) groups excluding carboxylic acids is 1. The number of esters is 1. The van der Waals surface area contributed by atoms with E-state index in [0.717, 1.165) is 38.0 Å². The second-order valence-corrected chi connectivity index (χ2v) is 7.08. The average Bonchev–Trinajstić information content (AvgIpc) is 2.58. The number of carbonyl (C=O) groups is 2. The van der Waals surface area contributed by atoms with Crippen LogP contribution in [0.25, 0.3) is 0 Å². The summed E-state index contributed by atoms with van der Waals surface area (Å²) in [5, 5.41) is 8.92. The maximum Gasteiger partial charge on any atom is 0.338 e. The summed E-state index contributed by atoms with van der Waals surface area (Å²) in [7, 11) is 0. The van der Waals surface area contributed by atoms with Gasteiger partial charge in [-0.25, -0.2) is 9.59 Å². The minimum Gasteiger partial charge on any atom is -0.478 e. The van der Waals surface area contributed by atoms with E-state index in [0.29, 0.717) is 5.56 Å². The lowest BCUT2D eigenvalue weighted by atomic mass is 10.0. The van der Waals surface area contributed by atoms with Gasteiger partial charge in [-0.05, 0) is 49.4 Å². The standard InChI is InChI=1S/C21H32O4/c1-4-5-10-19(11-8-6-7-9-16(2)3)25-21(24)18-14-12-17(13-15-18)20(22)23/h12-16,19H,4-11H2,1-3H3,(H,22,23). The van der Waals surface area contributed by atoms with Crippen LogP contribution in [0.1, 0.15) is 92.9 Å². The van der Waals surface area contributed by atoms with Gasteiger partial charge in [-0.2, -0.15) is 0 Å². The van der Waals surface area contributed by atoms with Crippen LogP contribution < -0.4 is 0 Å². The van der Waals surface area contributed by atoms with Crippen molar-refractivity contribution in [2.45, 2.75) is 78.2 Å². The molecule has 25 heavy (non-hydrogen) atoms. The predicted molar refractivity (Wildman–Crippen MR) is 100 cm³/mol. The first-order valence-corrected chi connectivity index (χ1v) is 9.48. The fraction of sp³-hybridized carbons (Fsp3) is 0.619. The van der Waals surface area contributed by atoms with E-state index in [1.165, 1.54) is 43.5 Å². The van der Waals surface area contributed by atoms with Gasteiger partial charge in [0.05, 0.1) is 11.1 Å². The zero-order chi connectivity index (χ0) is 18.7. The third-order valence-electron chi connectivity index (χ3n) is 4.33. The monoisotopic (exact) mass is 348 g/mol. The van der Waals surface area contributed by atoms with Crippen LogP contribution >= 0.6 is 0 Å². The summed E-state index contributed by atoms with van der Waals surface area (Å²) >= 11 is 0. The Kier molecular flexibility index (Phi) is 9.90. The number of unbranched alkanes of at least 4 members (excludes halogenated alkanes) is 3. The summed E-state index contributed by atoms with van der Waals surface area (Å²) < 4.78 is 5.68. The Labute approximate surface area is 151 Å². The van der Waals surface area contributed by atoms with Gasteiger partial charge < -0.3 is 9.84 Å². The van der Waals surface area contributed by atoms with Crippen molar-refractivity contribution in [2.75, 3.05) is 0 Å². The molecule has 0 saturated heterocycles. The fourth-order valence-corrected chi connectivity index (χ4v) is 2.76. The Bertz CT molecular complexity index is 519. The third kappa shape index (κ3) is 8.71. The number of carboxylic acid groups (broad SMARTS) is 1. The summed E-state index contributed by atoms with van der Waals surface area (Å²) in [6, 6.07) is 5.91. The van der Waals surface area contributed by atoms with E-state index >= 15 is 0 Å². The molecular weight excluding hydrogens is 316 g/mol. The summed E-state index contributed by atoms with van der Waals surface area (Å²) in [4.78, 5) is 23.2. The number of ether oxygens (including phenoxy) is 1. The molecule has 0 heterocycles. The second-order valence-electron chi connectivity index (χ2n) is 7.08. The van der Waals surface area contributed by atoms with E-state index in [9.17, 15) is 9.59 Å². The molecule has 0 aliphatic heterocycles. The largest absolute Gasteiger partial charge is 0.478 e. The lowest BCUT2D eigenvalue weighted by molar-refractivity contribution is 0.0249. The Morgan fingerprint density at radius 1 is 0.920 bits per heavy atom. The zero-order valence-electron chi connectivity index (χ0n) is 15.8. The number of benzene rings is 1. The van der Waals surface area contributed by atoms with E-state index in [1.807, 2.05) is 0 Å². The number of hydrogen-bond donors (Lipinski definition) is 1. The second kappa shape index (κ2) is 11.7. The first-order valence-electron chi connectivity index (χ1n) is 9.48. The van der Waals surface area contributed by atoms with E-state index in [1.54, 1.807) is 0 Å². The number of aromatic carboxylic acids is 1. The Balaban J connectivity index is 2.51. The van der Waals surface area contributed by atoms with Crippen LogP contribution in [-0.4, -0.2) is 23.1 Å². The summed E-state index contributed by atoms with van der Waals surface area (Å²) in [6.07, 6.45) is 8.58. The quantitative estimate of drug-likeness (QED) is 0.388. The molecule has 1 unspecified atom stereocenters. The van der Waals surface area contributed by atoms with Crippen LogP contribution in [0.15, 0.2) is 24.3 Å². The summed E-state index contributed by atoms with van der Waals surface area (Å²) in [6.45, 7) is 6.61. The lowest BCUT2D eigenvalue weighted by Crippen LogP contribution is -2.18. The molecule has 0 spiro atoms. The maximum atomic E-state index is 12.3. The normalized spacial score (nSPS) is 12.2. The van der Waals surface area contributed by atoms with E-state index in [4.69, 9.17) is 9.84 Å². The lowest BCUT2D eigenvalue weighted by Gasteiger charge is -2.18. The highest BCUT2D eigenvalue weighted by molar-refractivity contribution is 5.92. The van der Waals surface area contributed by atoms with Crippen molar-refractivity contribution in [3.8, 4) is 0 Å². The highest BCUT2D eigenvalue weighted by Gasteiger charge is 2.16. The third-order valence-corrected chi connectivity index (χ3v) is 4.33. The van der Waals surface area contributed by atoms with Gasteiger partial charge in [0.2, 0.25) is 0 Å². The Hall–Kier alpha value is -1.84. The van der Waals surface area contributed by atoms with Gasteiger partial charge in [0.15, 0.2) is 0 Å². The molecule has 1 atom stereocenters. The van der Waals surface area contributed by atoms with Crippen molar-refractivity contribution < 1.29 is 19.4 Å². The highest BCUT2D eigenvalue weighted by Crippen LogP contribution is 2.17. The molecule has 4 nitrogen and oxygen atoms in total. The smallest absolute Gasteiger partial charge is 0.338 e. The molecule has 4 heteroatoms. The van der Waals surface area contributed by atoms with Gasteiger partial charge in [-0.1, -0.05) is 52.9 Å².